The number of benzene rings is 1. The third-order valence-electron chi connectivity index (χ3n) is 4.15. The predicted octanol–water partition coefficient (Wildman–Crippen LogP) is 4.61. The minimum atomic E-state index is -1.33. The average Bonchev–Trinajstić information content (AvgIpc) is 2.52. The van der Waals surface area contributed by atoms with Gasteiger partial charge in [-0.05, 0) is 6.42 Å². The van der Waals surface area contributed by atoms with Crippen LogP contribution in [0.1, 0.15) is 44.2 Å². The van der Waals surface area contributed by atoms with Crippen LogP contribution in [-0.4, -0.2) is 31.1 Å². The van der Waals surface area contributed by atoms with Gasteiger partial charge in [0.1, 0.15) is 0 Å². The molecule has 0 aromatic heterocycles. The van der Waals surface area contributed by atoms with Gasteiger partial charge in [0.15, 0.2) is 23.3 Å². The summed E-state index contributed by atoms with van der Waals surface area (Å²) in [7, 11) is 0. The van der Waals surface area contributed by atoms with E-state index in [1.165, 1.54) is 0 Å². The summed E-state index contributed by atoms with van der Waals surface area (Å²) in [5.41, 5.74) is -0.462. The Morgan fingerprint density at radius 2 is 1.54 bits per heavy atom. The summed E-state index contributed by atoms with van der Waals surface area (Å²) in [5, 5.41) is 3.16. The Morgan fingerprint density at radius 3 is 2.04 bits per heavy atom. The molecule has 24 heavy (non-hydrogen) atoms. The van der Waals surface area contributed by atoms with E-state index in [-0.39, 0.29) is 30.9 Å². The van der Waals surface area contributed by atoms with Gasteiger partial charge < -0.3 is 5.32 Å². The molecule has 1 aromatic carbocycles. The molecule has 1 heterocycles. The van der Waals surface area contributed by atoms with Gasteiger partial charge in [-0.2, -0.15) is 0 Å². The maximum Gasteiger partial charge on any atom is 0.166 e. The zero-order valence-electron chi connectivity index (χ0n) is 13.6. The second-order valence-electron chi connectivity index (χ2n) is 5.68. The van der Waals surface area contributed by atoms with Crippen LogP contribution in [0.15, 0.2) is 6.07 Å². The third-order valence-corrected chi connectivity index (χ3v) is 4.15. The van der Waals surface area contributed by atoms with Crippen LogP contribution in [-0.2, 0) is 0 Å². The molecule has 1 saturated heterocycles. The maximum absolute atomic E-state index is 14.1. The molecule has 2 rings (SSSR count). The summed E-state index contributed by atoms with van der Waals surface area (Å²) < 4.78 is 55.3. The van der Waals surface area contributed by atoms with Gasteiger partial charge in [-0.25, -0.2) is 17.6 Å². The fraction of sp³-hybridized carbons (Fsp3) is 0.625. The number of hydrogen-bond donors (Lipinski definition) is 1. The average molecular weight is 391 g/mol. The Morgan fingerprint density at radius 1 is 1.00 bits per heavy atom. The van der Waals surface area contributed by atoms with E-state index in [1.807, 2.05) is 11.8 Å². The number of rotatable bonds is 6. The molecule has 2 nitrogen and oxygen atoms in total. The molecule has 1 fully saturated rings. The molecule has 1 aliphatic heterocycles. The van der Waals surface area contributed by atoms with Gasteiger partial charge in [0.25, 0.3) is 0 Å². The number of halogens is 6. The van der Waals surface area contributed by atoms with Crippen molar-refractivity contribution in [3.05, 3.63) is 34.9 Å². The first-order valence-electron chi connectivity index (χ1n) is 7.84. The van der Waals surface area contributed by atoms with Crippen molar-refractivity contribution in [2.24, 2.45) is 0 Å². The number of nitrogens with zero attached hydrogens (tertiary/aromatic N) is 1. The highest BCUT2D eigenvalue weighted by atomic mass is 35.5. The normalized spacial score (nSPS) is 16.2. The molecule has 0 aliphatic carbocycles. The molecule has 1 atom stereocenters. The second-order valence-corrected chi connectivity index (χ2v) is 5.68. The zero-order valence-corrected chi connectivity index (χ0v) is 15.2. The zero-order chi connectivity index (χ0) is 16.1. The molecule has 8 heteroatoms. The van der Waals surface area contributed by atoms with Crippen molar-refractivity contribution in [1.82, 2.24) is 10.2 Å². The molecule has 0 spiro atoms. The Balaban J connectivity index is 0.00000264. The lowest BCUT2D eigenvalue weighted by atomic mass is 9.96. The summed E-state index contributed by atoms with van der Waals surface area (Å²) in [6.45, 7) is 4.64. The van der Waals surface area contributed by atoms with E-state index in [1.54, 1.807) is 0 Å². The van der Waals surface area contributed by atoms with Crippen LogP contribution in [0.2, 0.25) is 0 Å². The molecule has 0 bridgehead atoms. The van der Waals surface area contributed by atoms with Crippen molar-refractivity contribution < 1.29 is 17.6 Å². The van der Waals surface area contributed by atoms with Gasteiger partial charge in [0.2, 0.25) is 0 Å². The molecule has 0 amide bonds. The molecule has 1 N–H and O–H groups in total. The molecule has 0 unspecified atom stereocenters. The SMILES string of the molecule is CCCCC[C@@H](c1c(F)c(F)cc(F)c1F)N1CCNCC1.Cl.Cl. The number of nitrogens with one attached hydrogen (secondary N) is 1. The van der Waals surface area contributed by atoms with E-state index in [0.717, 1.165) is 19.3 Å². The van der Waals surface area contributed by atoms with Crippen LogP contribution in [0.3, 0.4) is 0 Å². The summed E-state index contributed by atoms with van der Waals surface area (Å²) in [6, 6.07) is -0.353. The number of unbranched alkanes of at least 4 members (excludes halogenated alkanes) is 2. The van der Waals surface area contributed by atoms with Crippen LogP contribution in [0, 0.1) is 23.3 Å². The first kappa shape index (κ1) is 23.4. The lowest BCUT2D eigenvalue weighted by Gasteiger charge is -2.35. The van der Waals surface area contributed by atoms with E-state index >= 15 is 0 Å². The van der Waals surface area contributed by atoms with E-state index in [4.69, 9.17) is 0 Å². The Bertz CT molecular complexity index is 485. The number of piperazine rings is 1. The molecule has 0 saturated carbocycles. The van der Waals surface area contributed by atoms with Crippen LogP contribution in [0.4, 0.5) is 17.6 Å². The summed E-state index contributed by atoms with van der Waals surface area (Å²) in [4.78, 5) is 1.91. The molecular formula is C16H24Cl2F4N2. The fourth-order valence-corrected chi connectivity index (χ4v) is 2.98. The molecular weight excluding hydrogens is 367 g/mol. The van der Waals surface area contributed by atoms with Crippen molar-refractivity contribution in [2.45, 2.75) is 38.6 Å². The molecule has 0 radical (unpaired) electrons. The highest BCUT2D eigenvalue weighted by Crippen LogP contribution is 2.33. The van der Waals surface area contributed by atoms with Crippen molar-refractivity contribution in [2.75, 3.05) is 26.2 Å². The Hall–Kier alpha value is -0.560. The highest BCUT2D eigenvalue weighted by Gasteiger charge is 2.30. The molecule has 1 aliphatic rings. The summed E-state index contributed by atoms with van der Waals surface area (Å²) >= 11 is 0. The van der Waals surface area contributed by atoms with Crippen LogP contribution in [0.25, 0.3) is 0 Å². The van der Waals surface area contributed by atoms with Gasteiger partial charge in [-0.1, -0.05) is 26.2 Å². The van der Waals surface area contributed by atoms with Crippen molar-refractivity contribution in [1.29, 1.82) is 0 Å². The number of hydrogen-bond acceptors (Lipinski definition) is 2. The van der Waals surface area contributed by atoms with E-state index in [2.05, 4.69) is 5.32 Å². The predicted molar refractivity (Wildman–Crippen MR) is 92.1 cm³/mol. The van der Waals surface area contributed by atoms with E-state index < -0.39 is 34.9 Å². The van der Waals surface area contributed by atoms with Gasteiger partial charge in [-0.3, -0.25) is 4.90 Å². The van der Waals surface area contributed by atoms with Gasteiger partial charge >= 0.3 is 0 Å². The van der Waals surface area contributed by atoms with Gasteiger partial charge in [-0.15, -0.1) is 24.8 Å². The molecule has 1 aromatic rings. The smallest absolute Gasteiger partial charge is 0.166 e. The first-order chi connectivity index (χ1) is 10.6. The van der Waals surface area contributed by atoms with Gasteiger partial charge in [0, 0.05) is 43.9 Å². The Kier molecular flexibility index (Phi) is 10.9. The minimum Gasteiger partial charge on any atom is -0.314 e. The van der Waals surface area contributed by atoms with Crippen LogP contribution in [0.5, 0.6) is 0 Å². The quantitative estimate of drug-likeness (QED) is 0.433. The summed E-state index contributed by atoms with van der Waals surface area (Å²) in [6.07, 6.45) is 3.15. The van der Waals surface area contributed by atoms with Crippen molar-refractivity contribution in [3.63, 3.8) is 0 Å². The minimum absolute atomic E-state index is 0. The highest BCUT2D eigenvalue weighted by molar-refractivity contribution is 5.85. The van der Waals surface area contributed by atoms with Gasteiger partial charge in [0.05, 0.1) is 0 Å². The maximum atomic E-state index is 14.1. The lowest BCUT2D eigenvalue weighted by Crippen LogP contribution is -2.45. The van der Waals surface area contributed by atoms with E-state index in [0.29, 0.717) is 32.6 Å². The Labute approximate surface area is 152 Å². The lowest BCUT2D eigenvalue weighted by molar-refractivity contribution is 0.154. The van der Waals surface area contributed by atoms with Crippen molar-refractivity contribution in [3.8, 4) is 0 Å². The monoisotopic (exact) mass is 390 g/mol. The van der Waals surface area contributed by atoms with Crippen molar-refractivity contribution >= 4 is 24.8 Å². The summed E-state index contributed by atoms with van der Waals surface area (Å²) in [5.74, 6) is -5.19. The second kappa shape index (κ2) is 11.1. The fourth-order valence-electron chi connectivity index (χ4n) is 2.98. The first-order valence-corrected chi connectivity index (χ1v) is 7.84. The standard InChI is InChI=1S/C16H22F4N2.2ClH/c1-2-3-4-5-13(22-8-6-21-7-9-22)14-15(19)11(17)10-12(18)16(14)20;;/h10,13,21H,2-9H2,1H3;2*1H/t13-;;/m0../s1. The topological polar surface area (TPSA) is 15.3 Å². The largest absolute Gasteiger partial charge is 0.314 e. The van der Waals surface area contributed by atoms with Crippen LogP contribution < -0.4 is 5.32 Å². The third kappa shape index (κ3) is 5.48. The molecule has 140 valence electrons. The van der Waals surface area contributed by atoms with E-state index in [9.17, 15) is 17.6 Å². The van der Waals surface area contributed by atoms with Crippen LogP contribution >= 0.6 is 24.8 Å².